The van der Waals surface area contributed by atoms with Gasteiger partial charge in [0.05, 0.1) is 18.1 Å². The normalized spacial score (nSPS) is 19.6. The van der Waals surface area contributed by atoms with Crippen LogP contribution < -0.4 is 0 Å². The minimum absolute atomic E-state index is 0.0366. The van der Waals surface area contributed by atoms with Crippen LogP contribution in [0, 0.1) is 0 Å². The molecule has 1 aliphatic heterocycles. The van der Waals surface area contributed by atoms with Gasteiger partial charge < -0.3 is 9.30 Å². The summed E-state index contributed by atoms with van der Waals surface area (Å²) in [5, 5.41) is 0. The third-order valence-electron chi connectivity index (χ3n) is 2.90. The minimum Gasteiger partial charge on any atom is -0.444 e. The van der Waals surface area contributed by atoms with Crippen LogP contribution in [0.4, 0.5) is 4.79 Å². The molecular weight excluding hydrogens is 298 g/mol. The van der Waals surface area contributed by atoms with Crippen molar-refractivity contribution in [3.05, 3.63) is 16.6 Å². The maximum absolute atomic E-state index is 12.1. The molecular formula is C12H18BrN3O2. The van der Waals surface area contributed by atoms with Crippen LogP contribution in [0.1, 0.15) is 39.4 Å². The maximum Gasteiger partial charge on any atom is 0.410 e. The smallest absolute Gasteiger partial charge is 0.410 e. The highest BCUT2D eigenvalue weighted by Crippen LogP contribution is 2.31. The Balaban J connectivity index is 2.19. The molecule has 5 nitrogen and oxygen atoms in total. The van der Waals surface area contributed by atoms with E-state index in [9.17, 15) is 4.79 Å². The van der Waals surface area contributed by atoms with Gasteiger partial charge in [0, 0.05) is 13.1 Å². The highest BCUT2D eigenvalue weighted by Gasteiger charge is 2.32. The van der Waals surface area contributed by atoms with E-state index in [-0.39, 0.29) is 12.1 Å². The average Bonchev–Trinajstić information content (AvgIpc) is 2.58. The molecule has 1 unspecified atom stereocenters. The van der Waals surface area contributed by atoms with E-state index >= 15 is 0 Å². The summed E-state index contributed by atoms with van der Waals surface area (Å²) in [6.45, 7) is 9.00. The van der Waals surface area contributed by atoms with Crippen molar-refractivity contribution in [3.63, 3.8) is 0 Å². The molecule has 0 radical (unpaired) electrons. The van der Waals surface area contributed by atoms with Crippen LogP contribution in [0.2, 0.25) is 0 Å². The van der Waals surface area contributed by atoms with Crippen LogP contribution in [0.5, 0.6) is 0 Å². The molecule has 1 amide bonds. The van der Waals surface area contributed by atoms with Crippen molar-refractivity contribution in [1.82, 2.24) is 14.5 Å². The van der Waals surface area contributed by atoms with Gasteiger partial charge in [-0.05, 0) is 43.6 Å². The van der Waals surface area contributed by atoms with E-state index < -0.39 is 5.60 Å². The molecule has 6 heteroatoms. The first kappa shape index (κ1) is 13.4. The first-order valence-electron chi connectivity index (χ1n) is 6.00. The van der Waals surface area contributed by atoms with Crippen LogP contribution in [-0.4, -0.2) is 32.7 Å². The van der Waals surface area contributed by atoms with Gasteiger partial charge >= 0.3 is 6.09 Å². The molecule has 100 valence electrons. The molecule has 1 aliphatic rings. The third-order valence-corrected chi connectivity index (χ3v) is 3.52. The molecule has 2 rings (SSSR count). The van der Waals surface area contributed by atoms with E-state index in [1.165, 1.54) is 0 Å². The number of aromatic nitrogens is 2. The summed E-state index contributed by atoms with van der Waals surface area (Å²) in [5.41, 5.74) is 0.554. The second-order valence-corrected chi connectivity index (χ2v) is 6.21. The lowest BCUT2D eigenvalue weighted by Crippen LogP contribution is -2.43. The van der Waals surface area contributed by atoms with Crippen LogP contribution in [0.15, 0.2) is 10.9 Å². The fourth-order valence-electron chi connectivity index (χ4n) is 2.08. The molecule has 0 fully saturated rings. The van der Waals surface area contributed by atoms with Crippen LogP contribution >= 0.6 is 15.9 Å². The number of imidazole rings is 1. The second kappa shape index (κ2) is 4.57. The molecule has 0 saturated carbocycles. The highest BCUT2D eigenvalue weighted by molar-refractivity contribution is 9.10. The van der Waals surface area contributed by atoms with Crippen molar-refractivity contribution in [2.24, 2.45) is 0 Å². The number of fused-ring (bicyclic) bond motifs is 1. The Labute approximate surface area is 115 Å². The lowest BCUT2D eigenvalue weighted by Gasteiger charge is -2.35. The molecule has 1 aromatic rings. The Bertz CT molecular complexity index is 464. The minimum atomic E-state index is -0.467. The lowest BCUT2D eigenvalue weighted by molar-refractivity contribution is 0.0126. The Morgan fingerprint density at radius 1 is 1.50 bits per heavy atom. The van der Waals surface area contributed by atoms with Crippen LogP contribution in [0.3, 0.4) is 0 Å². The summed E-state index contributed by atoms with van der Waals surface area (Å²) in [5.74, 6) is 0. The van der Waals surface area contributed by atoms with Gasteiger partial charge in [0.1, 0.15) is 10.2 Å². The zero-order valence-electron chi connectivity index (χ0n) is 11.1. The van der Waals surface area contributed by atoms with Gasteiger partial charge in [-0.25, -0.2) is 9.78 Å². The molecule has 0 aromatic carbocycles. The molecule has 0 N–H and O–H groups in total. The number of hydrogen-bond donors (Lipinski definition) is 0. The summed E-state index contributed by atoms with van der Waals surface area (Å²) in [6.07, 6.45) is 1.52. The van der Waals surface area contributed by atoms with Gasteiger partial charge in [-0.1, -0.05) is 0 Å². The largest absolute Gasteiger partial charge is 0.444 e. The number of hydrogen-bond acceptors (Lipinski definition) is 3. The predicted octanol–water partition coefficient (Wildman–Crippen LogP) is 2.96. The number of rotatable bonds is 0. The Hall–Kier alpha value is -1.04. The van der Waals surface area contributed by atoms with Crippen LogP contribution in [-0.2, 0) is 11.3 Å². The molecule has 0 aliphatic carbocycles. The van der Waals surface area contributed by atoms with Gasteiger partial charge in [-0.3, -0.25) is 4.90 Å². The standard InChI is InChI=1S/C12H18BrN3O2/c1-8-9-10(13)14-7-15(9)5-6-16(8)11(17)18-12(2,3)4/h7-8H,5-6H2,1-4H3. The van der Waals surface area contributed by atoms with Crippen molar-refractivity contribution in [3.8, 4) is 0 Å². The fraction of sp³-hybridized carbons (Fsp3) is 0.667. The van der Waals surface area contributed by atoms with Crippen molar-refractivity contribution in [2.45, 2.75) is 45.9 Å². The number of carbonyl (C=O) groups excluding carboxylic acids is 1. The van der Waals surface area contributed by atoms with Crippen molar-refractivity contribution >= 4 is 22.0 Å². The quantitative estimate of drug-likeness (QED) is 0.739. The number of carbonyl (C=O) groups is 1. The van der Waals surface area contributed by atoms with Crippen molar-refractivity contribution < 1.29 is 9.53 Å². The summed E-state index contributed by atoms with van der Waals surface area (Å²) in [6, 6.07) is -0.0366. The van der Waals surface area contributed by atoms with Crippen molar-refractivity contribution in [1.29, 1.82) is 0 Å². The molecule has 0 spiro atoms. The van der Waals surface area contributed by atoms with Gasteiger partial charge in [0.15, 0.2) is 0 Å². The molecule has 1 atom stereocenters. The van der Waals surface area contributed by atoms with Gasteiger partial charge in [-0.15, -0.1) is 0 Å². The zero-order chi connectivity index (χ0) is 13.5. The van der Waals surface area contributed by atoms with Crippen LogP contribution in [0.25, 0.3) is 0 Å². The number of amides is 1. The summed E-state index contributed by atoms with van der Waals surface area (Å²) < 4.78 is 8.28. The SMILES string of the molecule is CC1c2c(Br)ncn2CCN1C(=O)OC(C)(C)C. The Morgan fingerprint density at radius 3 is 2.78 bits per heavy atom. The lowest BCUT2D eigenvalue weighted by atomic mass is 10.1. The number of halogens is 1. The van der Waals surface area contributed by atoms with E-state index in [4.69, 9.17) is 4.74 Å². The fourth-order valence-corrected chi connectivity index (χ4v) is 2.74. The topological polar surface area (TPSA) is 47.4 Å². The summed E-state index contributed by atoms with van der Waals surface area (Å²) in [7, 11) is 0. The van der Waals surface area contributed by atoms with Gasteiger partial charge in [0.25, 0.3) is 0 Å². The molecule has 18 heavy (non-hydrogen) atoms. The summed E-state index contributed by atoms with van der Waals surface area (Å²) >= 11 is 3.42. The van der Waals surface area contributed by atoms with E-state index in [1.54, 1.807) is 11.2 Å². The van der Waals surface area contributed by atoms with E-state index in [0.717, 1.165) is 16.8 Å². The number of nitrogens with zero attached hydrogens (tertiary/aromatic N) is 3. The van der Waals surface area contributed by atoms with E-state index in [0.29, 0.717) is 6.54 Å². The summed E-state index contributed by atoms with van der Waals surface area (Å²) in [4.78, 5) is 18.1. The molecule has 2 heterocycles. The monoisotopic (exact) mass is 315 g/mol. The zero-order valence-corrected chi connectivity index (χ0v) is 12.7. The predicted molar refractivity (Wildman–Crippen MR) is 71.3 cm³/mol. The average molecular weight is 316 g/mol. The van der Waals surface area contributed by atoms with Crippen molar-refractivity contribution in [2.75, 3.05) is 6.54 Å². The van der Waals surface area contributed by atoms with Gasteiger partial charge in [-0.2, -0.15) is 0 Å². The maximum atomic E-state index is 12.1. The number of ether oxygens (including phenoxy) is 1. The molecule has 0 bridgehead atoms. The first-order chi connectivity index (χ1) is 8.29. The van der Waals surface area contributed by atoms with E-state index in [2.05, 4.69) is 25.5 Å². The molecule has 1 aromatic heterocycles. The second-order valence-electron chi connectivity index (χ2n) is 5.46. The first-order valence-corrected chi connectivity index (χ1v) is 6.79. The van der Waals surface area contributed by atoms with Gasteiger partial charge in [0.2, 0.25) is 0 Å². The Morgan fingerprint density at radius 2 is 2.17 bits per heavy atom. The highest BCUT2D eigenvalue weighted by atomic mass is 79.9. The third kappa shape index (κ3) is 2.53. The van der Waals surface area contributed by atoms with E-state index in [1.807, 2.05) is 27.7 Å². The Kier molecular flexibility index (Phi) is 3.40. The molecule has 0 saturated heterocycles.